The summed E-state index contributed by atoms with van der Waals surface area (Å²) in [6.07, 6.45) is 5.26. The summed E-state index contributed by atoms with van der Waals surface area (Å²) in [6.45, 7) is 6.27. The van der Waals surface area contributed by atoms with Gasteiger partial charge in [0.25, 0.3) is 0 Å². The minimum atomic E-state index is -0.191. The van der Waals surface area contributed by atoms with E-state index in [9.17, 15) is 9.59 Å². The number of amides is 2. The van der Waals surface area contributed by atoms with Gasteiger partial charge in [-0.05, 0) is 44.1 Å². The van der Waals surface area contributed by atoms with Gasteiger partial charge in [0.1, 0.15) is 6.04 Å². The van der Waals surface area contributed by atoms with E-state index < -0.39 is 0 Å². The molecule has 3 aliphatic heterocycles. The molecular formula is C15H25N3O2. The predicted molar refractivity (Wildman–Crippen MR) is 76.1 cm³/mol. The van der Waals surface area contributed by atoms with Gasteiger partial charge >= 0.3 is 0 Å². The van der Waals surface area contributed by atoms with E-state index in [0.29, 0.717) is 5.41 Å². The van der Waals surface area contributed by atoms with Gasteiger partial charge < -0.3 is 15.1 Å². The van der Waals surface area contributed by atoms with Crippen molar-refractivity contribution in [3.8, 4) is 0 Å². The van der Waals surface area contributed by atoms with Crippen LogP contribution in [0, 0.1) is 5.41 Å². The summed E-state index contributed by atoms with van der Waals surface area (Å²) in [6, 6.07) is -0.191. The second-order valence-electron chi connectivity index (χ2n) is 6.62. The molecule has 3 rings (SSSR count). The van der Waals surface area contributed by atoms with E-state index in [1.807, 2.05) is 4.90 Å². The minimum absolute atomic E-state index is 0.0364. The molecule has 2 amide bonds. The Kier molecular flexibility index (Phi) is 3.71. The summed E-state index contributed by atoms with van der Waals surface area (Å²) >= 11 is 0. The zero-order chi connectivity index (χ0) is 14.2. The van der Waals surface area contributed by atoms with E-state index in [0.717, 1.165) is 58.4 Å². The highest BCUT2D eigenvalue weighted by Gasteiger charge is 2.41. The summed E-state index contributed by atoms with van der Waals surface area (Å²) in [5.74, 6) is 0.216. The molecule has 3 heterocycles. The maximum absolute atomic E-state index is 12.6. The van der Waals surface area contributed by atoms with Gasteiger partial charge in [-0.1, -0.05) is 0 Å². The highest BCUT2D eigenvalue weighted by atomic mass is 16.2. The van der Waals surface area contributed by atoms with E-state index in [2.05, 4.69) is 5.32 Å². The van der Waals surface area contributed by atoms with Crippen LogP contribution in [-0.4, -0.2) is 60.4 Å². The van der Waals surface area contributed by atoms with Crippen molar-refractivity contribution >= 4 is 11.8 Å². The van der Waals surface area contributed by atoms with Crippen molar-refractivity contribution in [2.24, 2.45) is 5.41 Å². The van der Waals surface area contributed by atoms with Gasteiger partial charge in [-0.3, -0.25) is 9.59 Å². The fourth-order valence-electron chi connectivity index (χ4n) is 4.03. The van der Waals surface area contributed by atoms with Gasteiger partial charge in [-0.15, -0.1) is 0 Å². The molecule has 1 atom stereocenters. The maximum Gasteiger partial charge on any atom is 0.245 e. The molecule has 20 heavy (non-hydrogen) atoms. The molecule has 5 nitrogen and oxygen atoms in total. The second kappa shape index (κ2) is 5.35. The topological polar surface area (TPSA) is 52.7 Å². The molecule has 0 saturated carbocycles. The lowest BCUT2D eigenvalue weighted by Gasteiger charge is -2.40. The molecule has 3 aliphatic rings. The van der Waals surface area contributed by atoms with E-state index in [1.54, 1.807) is 11.8 Å². The van der Waals surface area contributed by atoms with Crippen LogP contribution in [0.2, 0.25) is 0 Å². The number of carbonyl (C=O) groups excluding carboxylic acids is 2. The smallest absolute Gasteiger partial charge is 0.245 e. The van der Waals surface area contributed by atoms with Crippen molar-refractivity contribution in [2.45, 2.75) is 45.1 Å². The first kappa shape index (κ1) is 13.9. The fraction of sp³-hybridized carbons (Fsp3) is 0.867. The number of nitrogens with zero attached hydrogens (tertiary/aromatic N) is 2. The lowest BCUT2D eigenvalue weighted by Crippen LogP contribution is -2.51. The molecule has 1 N–H and O–H groups in total. The maximum atomic E-state index is 12.6. The van der Waals surface area contributed by atoms with E-state index in [-0.39, 0.29) is 17.9 Å². The number of rotatable bonds is 1. The minimum Gasteiger partial charge on any atom is -0.341 e. The zero-order valence-corrected chi connectivity index (χ0v) is 12.4. The number of nitrogens with one attached hydrogen (secondary N) is 1. The first-order valence-electron chi connectivity index (χ1n) is 7.88. The van der Waals surface area contributed by atoms with Gasteiger partial charge in [-0.25, -0.2) is 0 Å². The molecule has 0 aliphatic carbocycles. The Morgan fingerprint density at radius 3 is 2.50 bits per heavy atom. The van der Waals surface area contributed by atoms with Crippen LogP contribution in [0.3, 0.4) is 0 Å². The van der Waals surface area contributed by atoms with Gasteiger partial charge in [0.05, 0.1) is 0 Å². The molecule has 5 heteroatoms. The third-order valence-electron chi connectivity index (χ3n) is 5.41. The Bertz CT molecular complexity index is 394. The molecule has 0 aromatic carbocycles. The van der Waals surface area contributed by atoms with Crippen molar-refractivity contribution in [3.05, 3.63) is 0 Å². The zero-order valence-electron chi connectivity index (χ0n) is 12.4. The van der Waals surface area contributed by atoms with E-state index in [4.69, 9.17) is 0 Å². The summed E-state index contributed by atoms with van der Waals surface area (Å²) in [4.78, 5) is 28.0. The predicted octanol–water partition coefficient (Wildman–Crippen LogP) is 0.599. The third-order valence-corrected chi connectivity index (χ3v) is 5.41. The summed E-state index contributed by atoms with van der Waals surface area (Å²) in [7, 11) is 0. The quantitative estimate of drug-likeness (QED) is 0.765. The molecular weight excluding hydrogens is 254 g/mol. The number of hydrogen-bond donors (Lipinski definition) is 1. The van der Waals surface area contributed by atoms with Gasteiger partial charge in [0.15, 0.2) is 0 Å². The molecule has 3 saturated heterocycles. The Labute approximate surface area is 120 Å². The number of likely N-dealkylation sites (tertiary alicyclic amines) is 2. The largest absolute Gasteiger partial charge is 0.341 e. The van der Waals surface area contributed by atoms with Crippen LogP contribution in [0.15, 0.2) is 0 Å². The average molecular weight is 279 g/mol. The molecule has 112 valence electrons. The number of hydrogen-bond acceptors (Lipinski definition) is 3. The second-order valence-corrected chi connectivity index (χ2v) is 6.62. The SMILES string of the molecule is CC(=O)N1CCCC1C(=O)N1CCC2(CCNC2)CC1. The van der Waals surface area contributed by atoms with Crippen molar-refractivity contribution in [1.29, 1.82) is 0 Å². The third kappa shape index (κ3) is 2.43. The molecule has 0 bridgehead atoms. The molecule has 0 aromatic heterocycles. The molecule has 1 spiro atoms. The lowest BCUT2D eigenvalue weighted by atomic mass is 9.77. The van der Waals surface area contributed by atoms with Crippen LogP contribution in [0.25, 0.3) is 0 Å². The number of piperidine rings is 1. The van der Waals surface area contributed by atoms with Gasteiger partial charge in [-0.2, -0.15) is 0 Å². The summed E-state index contributed by atoms with van der Waals surface area (Å²) in [5, 5.41) is 3.45. The van der Waals surface area contributed by atoms with Crippen molar-refractivity contribution in [1.82, 2.24) is 15.1 Å². The Morgan fingerprint density at radius 2 is 1.90 bits per heavy atom. The fourth-order valence-corrected chi connectivity index (χ4v) is 4.03. The Hall–Kier alpha value is -1.10. The Morgan fingerprint density at radius 1 is 1.15 bits per heavy atom. The summed E-state index contributed by atoms with van der Waals surface area (Å²) < 4.78 is 0. The van der Waals surface area contributed by atoms with E-state index >= 15 is 0 Å². The standard InChI is InChI=1S/C15H25N3O2/c1-12(19)18-8-2-3-13(18)14(20)17-9-5-15(6-10-17)4-7-16-11-15/h13,16H,2-11H2,1H3. The van der Waals surface area contributed by atoms with Crippen LogP contribution < -0.4 is 5.32 Å². The first-order valence-corrected chi connectivity index (χ1v) is 7.88. The van der Waals surface area contributed by atoms with Gasteiger partial charge in [0, 0.05) is 33.1 Å². The van der Waals surface area contributed by atoms with Crippen molar-refractivity contribution in [3.63, 3.8) is 0 Å². The van der Waals surface area contributed by atoms with Crippen LogP contribution in [-0.2, 0) is 9.59 Å². The molecule has 1 unspecified atom stereocenters. The monoisotopic (exact) mass is 279 g/mol. The average Bonchev–Trinajstić information content (AvgIpc) is 3.08. The molecule has 0 aromatic rings. The lowest BCUT2D eigenvalue weighted by molar-refractivity contribution is -0.144. The van der Waals surface area contributed by atoms with Crippen molar-refractivity contribution in [2.75, 3.05) is 32.7 Å². The van der Waals surface area contributed by atoms with Crippen molar-refractivity contribution < 1.29 is 9.59 Å². The highest BCUT2D eigenvalue weighted by Crippen LogP contribution is 2.37. The highest BCUT2D eigenvalue weighted by molar-refractivity contribution is 5.87. The first-order chi connectivity index (χ1) is 9.61. The van der Waals surface area contributed by atoms with Crippen LogP contribution in [0.4, 0.5) is 0 Å². The van der Waals surface area contributed by atoms with Crippen LogP contribution in [0.1, 0.15) is 39.0 Å². The molecule has 0 radical (unpaired) electrons. The normalized spacial score (nSPS) is 29.1. The Balaban J connectivity index is 1.60. The van der Waals surface area contributed by atoms with E-state index in [1.165, 1.54) is 6.42 Å². The number of carbonyl (C=O) groups is 2. The molecule has 3 fully saturated rings. The van der Waals surface area contributed by atoms with Crippen LogP contribution in [0.5, 0.6) is 0 Å². The summed E-state index contributed by atoms with van der Waals surface area (Å²) in [5.41, 5.74) is 0.437. The van der Waals surface area contributed by atoms with Gasteiger partial charge in [0.2, 0.25) is 11.8 Å². The van der Waals surface area contributed by atoms with Crippen LogP contribution >= 0.6 is 0 Å².